The molecule has 0 N–H and O–H groups in total. The number of rotatable bonds is 4. The highest BCUT2D eigenvalue weighted by Gasteiger charge is 2.15. The molecule has 1 aliphatic heterocycles. The molecule has 0 aromatic heterocycles. The fraction of sp³-hybridized carbons (Fsp3) is 0.533. The Morgan fingerprint density at radius 1 is 1.22 bits per heavy atom. The summed E-state index contributed by atoms with van der Waals surface area (Å²) >= 11 is 0. The summed E-state index contributed by atoms with van der Waals surface area (Å²) in [7, 11) is 1.89. The largest absolute Gasteiger partial charge is 0.340 e. The molecule has 1 aliphatic rings. The van der Waals surface area contributed by atoms with Crippen LogP contribution in [0.15, 0.2) is 24.3 Å². The van der Waals surface area contributed by atoms with Crippen LogP contribution in [0.5, 0.6) is 0 Å². The van der Waals surface area contributed by atoms with Gasteiger partial charge in [0.25, 0.3) is 5.91 Å². The van der Waals surface area contributed by atoms with Crippen molar-refractivity contribution >= 4 is 5.91 Å². The van der Waals surface area contributed by atoms with Gasteiger partial charge in [0.15, 0.2) is 0 Å². The summed E-state index contributed by atoms with van der Waals surface area (Å²) in [5, 5.41) is 0. The van der Waals surface area contributed by atoms with Crippen molar-refractivity contribution in [1.29, 1.82) is 0 Å². The molecule has 0 radical (unpaired) electrons. The lowest BCUT2D eigenvalue weighted by Gasteiger charge is -2.21. The summed E-state index contributed by atoms with van der Waals surface area (Å²) in [5.74, 6) is 0.120. The van der Waals surface area contributed by atoms with Gasteiger partial charge in [0, 0.05) is 25.7 Å². The molecule has 1 aromatic rings. The number of likely N-dealkylation sites (N-methyl/N-ethyl adjacent to an activating group) is 1. The van der Waals surface area contributed by atoms with Gasteiger partial charge in [0.1, 0.15) is 0 Å². The van der Waals surface area contributed by atoms with Crippen LogP contribution < -0.4 is 0 Å². The second-order valence-electron chi connectivity index (χ2n) is 5.14. The number of likely N-dealkylation sites (tertiary alicyclic amines) is 1. The molecule has 0 unspecified atom stereocenters. The molecular formula is C15H22N2O. The highest BCUT2D eigenvalue weighted by molar-refractivity contribution is 5.94. The van der Waals surface area contributed by atoms with Crippen molar-refractivity contribution in [3.05, 3.63) is 35.4 Å². The Balaban J connectivity index is 1.85. The monoisotopic (exact) mass is 246 g/mol. The van der Waals surface area contributed by atoms with Crippen molar-refractivity contribution in [1.82, 2.24) is 9.80 Å². The first-order valence-electron chi connectivity index (χ1n) is 6.71. The Kier molecular flexibility index (Phi) is 4.37. The van der Waals surface area contributed by atoms with Crippen molar-refractivity contribution in [3.8, 4) is 0 Å². The van der Waals surface area contributed by atoms with Gasteiger partial charge in [-0.3, -0.25) is 4.79 Å². The van der Waals surface area contributed by atoms with E-state index >= 15 is 0 Å². The first-order chi connectivity index (χ1) is 8.66. The summed E-state index contributed by atoms with van der Waals surface area (Å²) < 4.78 is 0. The van der Waals surface area contributed by atoms with Crippen molar-refractivity contribution in [3.63, 3.8) is 0 Å². The van der Waals surface area contributed by atoms with Gasteiger partial charge in [-0.25, -0.2) is 0 Å². The highest BCUT2D eigenvalue weighted by atomic mass is 16.2. The van der Waals surface area contributed by atoms with E-state index in [1.165, 1.54) is 31.5 Å². The van der Waals surface area contributed by atoms with Crippen LogP contribution in [-0.4, -0.2) is 48.9 Å². The molecule has 3 heteroatoms. The molecule has 1 fully saturated rings. The lowest BCUT2D eigenvalue weighted by molar-refractivity contribution is 0.0782. The predicted molar refractivity (Wildman–Crippen MR) is 73.8 cm³/mol. The third-order valence-electron chi connectivity index (χ3n) is 3.60. The van der Waals surface area contributed by atoms with E-state index in [9.17, 15) is 4.79 Å². The van der Waals surface area contributed by atoms with Gasteiger partial charge >= 0.3 is 0 Å². The van der Waals surface area contributed by atoms with E-state index in [1.807, 2.05) is 43.1 Å². The van der Waals surface area contributed by atoms with Crippen LogP contribution in [0.3, 0.4) is 0 Å². The lowest BCUT2D eigenvalue weighted by Crippen LogP contribution is -2.35. The van der Waals surface area contributed by atoms with Crippen LogP contribution in [0.1, 0.15) is 28.8 Å². The van der Waals surface area contributed by atoms with Crippen LogP contribution in [0.25, 0.3) is 0 Å². The number of hydrogen-bond donors (Lipinski definition) is 0. The van der Waals surface area contributed by atoms with E-state index in [4.69, 9.17) is 0 Å². The quantitative estimate of drug-likeness (QED) is 0.813. The van der Waals surface area contributed by atoms with Crippen LogP contribution in [-0.2, 0) is 0 Å². The first kappa shape index (κ1) is 13.1. The molecule has 1 heterocycles. The van der Waals surface area contributed by atoms with Crippen molar-refractivity contribution in [2.24, 2.45) is 0 Å². The second-order valence-corrected chi connectivity index (χ2v) is 5.14. The minimum absolute atomic E-state index is 0.120. The zero-order valence-electron chi connectivity index (χ0n) is 11.4. The average Bonchev–Trinajstić information content (AvgIpc) is 2.89. The summed E-state index contributed by atoms with van der Waals surface area (Å²) in [6, 6.07) is 7.79. The van der Waals surface area contributed by atoms with Crippen molar-refractivity contribution in [2.75, 3.05) is 33.2 Å². The third kappa shape index (κ3) is 3.33. The predicted octanol–water partition coefficient (Wildman–Crippen LogP) is 2.16. The molecule has 0 spiro atoms. The number of nitrogens with zero attached hydrogens (tertiary/aromatic N) is 2. The Hall–Kier alpha value is -1.35. The Bertz CT molecular complexity index is 393. The van der Waals surface area contributed by atoms with Gasteiger partial charge in [-0.05, 0) is 45.0 Å². The molecule has 0 aliphatic carbocycles. The number of carbonyl (C=O) groups excluding carboxylic acids is 1. The fourth-order valence-electron chi connectivity index (χ4n) is 2.32. The van der Waals surface area contributed by atoms with Gasteiger partial charge in [0.2, 0.25) is 0 Å². The molecule has 2 rings (SSSR count). The SMILES string of the molecule is Cc1ccc(C(=O)N(C)CCN2CCCC2)cc1. The maximum Gasteiger partial charge on any atom is 0.253 e. The Labute approximate surface area is 109 Å². The van der Waals surface area contributed by atoms with E-state index in [2.05, 4.69) is 4.90 Å². The van der Waals surface area contributed by atoms with Gasteiger partial charge in [-0.1, -0.05) is 17.7 Å². The molecule has 1 aromatic carbocycles. The maximum atomic E-state index is 12.2. The molecule has 0 atom stereocenters. The van der Waals surface area contributed by atoms with E-state index in [1.54, 1.807) is 0 Å². The number of carbonyl (C=O) groups is 1. The molecule has 3 nitrogen and oxygen atoms in total. The normalized spacial score (nSPS) is 15.9. The fourth-order valence-corrected chi connectivity index (χ4v) is 2.32. The van der Waals surface area contributed by atoms with Gasteiger partial charge in [-0.15, -0.1) is 0 Å². The maximum absolute atomic E-state index is 12.2. The topological polar surface area (TPSA) is 23.6 Å². The van der Waals surface area contributed by atoms with Crippen molar-refractivity contribution in [2.45, 2.75) is 19.8 Å². The molecule has 1 amide bonds. The first-order valence-corrected chi connectivity index (χ1v) is 6.71. The van der Waals surface area contributed by atoms with Gasteiger partial charge < -0.3 is 9.80 Å². The lowest BCUT2D eigenvalue weighted by atomic mass is 10.1. The number of amides is 1. The molecular weight excluding hydrogens is 224 g/mol. The van der Waals surface area contributed by atoms with Crippen LogP contribution in [0.2, 0.25) is 0 Å². The standard InChI is InChI=1S/C15H22N2O/c1-13-5-7-14(8-6-13)15(18)16(2)11-12-17-9-3-4-10-17/h5-8H,3-4,9-12H2,1-2H3. The second kappa shape index (κ2) is 6.01. The highest BCUT2D eigenvalue weighted by Crippen LogP contribution is 2.08. The molecule has 98 valence electrons. The molecule has 1 saturated heterocycles. The molecule has 0 bridgehead atoms. The van der Waals surface area contributed by atoms with E-state index in [0.29, 0.717) is 0 Å². The zero-order valence-corrected chi connectivity index (χ0v) is 11.4. The van der Waals surface area contributed by atoms with E-state index in [-0.39, 0.29) is 5.91 Å². The number of hydrogen-bond acceptors (Lipinski definition) is 2. The van der Waals surface area contributed by atoms with Crippen LogP contribution in [0.4, 0.5) is 0 Å². The van der Waals surface area contributed by atoms with E-state index < -0.39 is 0 Å². The van der Waals surface area contributed by atoms with Crippen LogP contribution >= 0.6 is 0 Å². The summed E-state index contributed by atoms with van der Waals surface area (Å²) in [5.41, 5.74) is 1.97. The van der Waals surface area contributed by atoms with E-state index in [0.717, 1.165) is 18.7 Å². The average molecular weight is 246 g/mol. The van der Waals surface area contributed by atoms with Gasteiger partial charge in [-0.2, -0.15) is 0 Å². The minimum atomic E-state index is 0.120. The summed E-state index contributed by atoms with van der Waals surface area (Å²) in [6.07, 6.45) is 2.60. The smallest absolute Gasteiger partial charge is 0.253 e. The number of benzene rings is 1. The summed E-state index contributed by atoms with van der Waals surface area (Å²) in [4.78, 5) is 16.4. The Morgan fingerprint density at radius 2 is 1.83 bits per heavy atom. The minimum Gasteiger partial charge on any atom is -0.340 e. The molecule has 0 saturated carbocycles. The molecule has 18 heavy (non-hydrogen) atoms. The van der Waals surface area contributed by atoms with Gasteiger partial charge in [0.05, 0.1) is 0 Å². The zero-order chi connectivity index (χ0) is 13.0. The van der Waals surface area contributed by atoms with Crippen molar-refractivity contribution < 1.29 is 4.79 Å². The number of aryl methyl sites for hydroxylation is 1. The Morgan fingerprint density at radius 3 is 2.44 bits per heavy atom. The van der Waals surface area contributed by atoms with Crippen LogP contribution in [0, 0.1) is 6.92 Å². The summed E-state index contributed by atoms with van der Waals surface area (Å²) in [6.45, 7) is 6.21. The third-order valence-corrected chi connectivity index (χ3v) is 3.60.